The second kappa shape index (κ2) is 6.07. The van der Waals surface area contributed by atoms with Crippen LogP contribution < -0.4 is 5.73 Å². The van der Waals surface area contributed by atoms with E-state index in [0.29, 0.717) is 6.42 Å². The summed E-state index contributed by atoms with van der Waals surface area (Å²) in [6, 6.07) is -1.16. The van der Waals surface area contributed by atoms with Gasteiger partial charge >= 0.3 is 18.2 Å². The second-order valence-electron chi connectivity index (χ2n) is 7.05. The minimum Gasteiger partial charge on any atom is -0.444 e. The van der Waals surface area contributed by atoms with Gasteiger partial charge in [-0.2, -0.15) is 13.2 Å². The molecular weight excluding hydrogens is 333 g/mol. The third kappa shape index (κ3) is 3.92. The number of nitrogens with zero attached hydrogens (tertiary/aromatic N) is 1. The first kappa shape index (κ1) is 18.8. The normalized spacial score (nSPS) is 30.7. The lowest BCUT2D eigenvalue weighted by Gasteiger charge is -2.53. The molecule has 0 aromatic carbocycles. The molecule has 3 unspecified atom stereocenters. The number of amides is 1. The summed E-state index contributed by atoms with van der Waals surface area (Å²) in [4.78, 5) is 24.9. The number of halogens is 3. The molecule has 2 aliphatic rings. The number of hydrogen-bond acceptors (Lipinski definition) is 6. The van der Waals surface area contributed by atoms with E-state index in [1.54, 1.807) is 20.8 Å². The highest BCUT2D eigenvalue weighted by atomic mass is 19.4. The van der Waals surface area contributed by atoms with Gasteiger partial charge in [0.05, 0.1) is 12.6 Å². The van der Waals surface area contributed by atoms with Crippen molar-refractivity contribution < 1.29 is 37.0 Å². The number of morpholine rings is 1. The van der Waals surface area contributed by atoms with E-state index in [1.807, 2.05) is 0 Å². The van der Waals surface area contributed by atoms with Crippen molar-refractivity contribution in [3.05, 3.63) is 0 Å². The van der Waals surface area contributed by atoms with Crippen molar-refractivity contribution >= 4 is 12.1 Å². The van der Waals surface area contributed by atoms with E-state index in [1.165, 1.54) is 0 Å². The zero-order valence-corrected chi connectivity index (χ0v) is 13.7. The Balaban J connectivity index is 2.33. The van der Waals surface area contributed by atoms with Crippen LogP contribution in [0.25, 0.3) is 0 Å². The molecule has 2 aliphatic heterocycles. The Hall–Kier alpha value is -1.55. The molecule has 1 amide bonds. The van der Waals surface area contributed by atoms with Crippen LogP contribution in [0.1, 0.15) is 33.6 Å². The van der Waals surface area contributed by atoms with Gasteiger partial charge in [-0.1, -0.05) is 0 Å². The lowest BCUT2D eigenvalue weighted by Crippen LogP contribution is -2.71. The number of esters is 1. The molecule has 2 bridgehead atoms. The Morgan fingerprint density at radius 2 is 1.92 bits per heavy atom. The van der Waals surface area contributed by atoms with Gasteiger partial charge in [-0.15, -0.1) is 0 Å². The highest BCUT2D eigenvalue weighted by molar-refractivity contribution is 5.77. The molecule has 0 aliphatic carbocycles. The van der Waals surface area contributed by atoms with Gasteiger partial charge in [-0.3, -0.25) is 4.90 Å². The molecule has 0 aromatic rings. The number of hydrogen-bond donors (Lipinski definition) is 1. The fourth-order valence-corrected chi connectivity index (χ4v) is 2.98. The maximum absolute atomic E-state index is 12.6. The third-order valence-corrected chi connectivity index (χ3v) is 3.70. The summed E-state index contributed by atoms with van der Waals surface area (Å²) >= 11 is 0. The molecule has 0 aromatic heterocycles. The summed E-state index contributed by atoms with van der Waals surface area (Å²) in [5.74, 6) is -2.39. The number of ether oxygens (including phenoxy) is 3. The SMILES string of the molecule is CC(C)(C)OC(=O)N1C2COCC1(OC(=O)C(F)(F)F)CC(N)C2. The smallest absolute Gasteiger partial charge is 0.444 e. The molecule has 2 fully saturated rings. The van der Waals surface area contributed by atoms with Crippen molar-refractivity contribution in [3.63, 3.8) is 0 Å². The van der Waals surface area contributed by atoms with Gasteiger partial charge in [-0.25, -0.2) is 9.59 Å². The largest absolute Gasteiger partial charge is 0.491 e. The summed E-state index contributed by atoms with van der Waals surface area (Å²) in [6.45, 7) is 4.57. The summed E-state index contributed by atoms with van der Waals surface area (Å²) in [5, 5.41) is 0. The average molecular weight is 354 g/mol. The number of rotatable bonds is 1. The van der Waals surface area contributed by atoms with Gasteiger partial charge in [0.1, 0.15) is 12.2 Å². The number of alkyl halides is 3. The Bertz CT molecular complexity index is 520. The number of fused-ring (bicyclic) bond motifs is 2. The first-order valence-corrected chi connectivity index (χ1v) is 7.50. The van der Waals surface area contributed by atoms with Crippen molar-refractivity contribution in [2.45, 2.75) is 63.2 Å². The third-order valence-electron chi connectivity index (χ3n) is 3.70. The van der Waals surface area contributed by atoms with Crippen LogP contribution in [-0.2, 0) is 19.0 Å². The van der Waals surface area contributed by atoms with Crippen LogP contribution in [-0.4, -0.2) is 59.8 Å². The molecule has 3 atom stereocenters. The van der Waals surface area contributed by atoms with Gasteiger partial charge < -0.3 is 19.9 Å². The van der Waals surface area contributed by atoms with Crippen molar-refractivity contribution in [1.82, 2.24) is 4.90 Å². The molecule has 24 heavy (non-hydrogen) atoms. The van der Waals surface area contributed by atoms with Crippen LogP contribution >= 0.6 is 0 Å². The first-order chi connectivity index (χ1) is 10.8. The predicted octanol–water partition coefficient (Wildman–Crippen LogP) is 1.55. The monoisotopic (exact) mass is 354 g/mol. The van der Waals surface area contributed by atoms with E-state index < -0.39 is 48.3 Å². The zero-order chi connectivity index (χ0) is 18.3. The highest BCUT2D eigenvalue weighted by Gasteiger charge is 2.58. The van der Waals surface area contributed by atoms with Crippen LogP contribution in [0, 0.1) is 0 Å². The van der Waals surface area contributed by atoms with E-state index in [2.05, 4.69) is 4.74 Å². The zero-order valence-electron chi connectivity index (χ0n) is 13.7. The number of piperidine rings is 1. The average Bonchev–Trinajstić information content (AvgIpc) is 2.33. The number of nitrogens with two attached hydrogens (primary N) is 1. The molecule has 7 nitrogen and oxygen atoms in total. The van der Waals surface area contributed by atoms with Gasteiger partial charge in [0, 0.05) is 12.5 Å². The summed E-state index contributed by atoms with van der Waals surface area (Å²) < 4.78 is 53.1. The second-order valence-corrected chi connectivity index (χ2v) is 7.05. The Kier molecular flexibility index (Phi) is 4.75. The minimum atomic E-state index is -5.19. The maximum Gasteiger partial charge on any atom is 0.491 e. The summed E-state index contributed by atoms with van der Waals surface area (Å²) in [7, 11) is 0. The molecular formula is C14H21F3N2O5. The molecule has 138 valence electrons. The van der Waals surface area contributed by atoms with Crippen LogP contribution in [0.3, 0.4) is 0 Å². The van der Waals surface area contributed by atoms with Gasteiger partial charge in [0.25, 0.3) is 0 Å². The van der Waals surface area contributed by atoms with E-state index in [-0.39, 0.29) is 13.0 Å². The fraction of sp³-hybridized carbons (Fsp3) is 0.857. The topological polar surface area (TPSA) is 91.1 Å². The molecule has 0 saturated carbocycles. The Morgan fingerprint density at radius 1 is 1.29 bits per heavy atom. The quantitative estimate of drug-likeness (QED) is 0.719. The van der Waals surface area contributed by atoms with Crippen LogP contribution in [0.5, 0.6) is 0 Å². The highest BCUT2D eigenvalue weighted by Crippen LogP contribution is 2.39. The Morgan fingerprint density at radius 3 is 2.46 bits per heavy atom. The number of carbonyl (C=O) groups is 2. The van der Waals surface area contributed by atoms with E-state index in [9.17, 15) is 22.8 Å². The summed E-state index contributed by atoms with van der Waals surface area (Å²) in [6.07, 6.45) is -5.91. The van der Waals surface area contributed by atoms with Crippen molar-refractivity contribution in [2.24, 2.45) is 5.73 Å². The van der Waals surface area contributed by atoms with Crippen molar-refractivity contribution in [1.29, 1.82) is 0 Å². The summed E-state index contributed by atoms with van der Waals surface area (Å²) in [5.41, 5.74) is 3.10. The minimum absolute atomic E-state index is 0.0816. The van der Waals surface area contributed by atoms with Gasteiger partial charge in [0.15, 0.2) is 0 Å². The van der Waals surface area contributed by atoms with Crippen LogP contribution in [0.2, 0.25) is 0 Å². The molecule has 10 heteroatoms. The molecule has 2 rings (SSSR count). The van der Waals surface area contributed by atoms with E-state index >= 15 is 0 Å². The maximum atomic E-state index is 12.6. The van der Waals surface area contributed by atoms with Crippen LogP contribution in [0.15, 0.2) is 0 Å². The van der Waals surface area contributed by atoms with E-state index in [0.717, 1.165) is 4.90 Å². The predicted molar refractivity (Wildman–Crippen MR) is 74.8 cm³/mol. The first-order valence-electron chi connectivity index (χ1n) is 7.50. The molecule has 2 saturated heterocycles. The molecule has 0 radical (unpaired) electrons. The molecule has 2 heterocycles. The van der Waals surface area contributed by atoms with Crippen LogP contribution in [0.4, 0.5) is 18.0 Å². The van der Waals surface area contributed by atoms with E-state index in [4.69, 9.17) is 15.2 Å². The lowest BCUT2D eigenvalue weighted by atomic mass is 9.88. The number of carbonyl (C=O) groups excluding carboxylic acids is 2. The molecule has 0 spiro atoms. The van der Waals surface area contributed by atoms with Crippen molar-refractivity contribution in [2.75, 3.05) is 13.2 Å². The van der Waals surface area contributed by atoms with Gasteiger partial charge in [0.2, 0.25) is 5.72 Å². The van der Waals surface area contributed by atoms with Gasteiger partial charge in [-0.05, 0) is 27.2 Å². The standard InChI is InChI=1S/C14H21F3N2O5/c1-12(2,3)24-11(21)19-9-4-8(18)5-13(19,7-22-6-9)23-10(20)14(15,16)17/h8-9H,4-7,18H2,1-3H3. The Labute approximate surface area is 137 Å². The lowest BCUT2D eigenvalue weighted by molar-refractivity contribution is -0.266. The fourth-order valence-electron chi connectivity index (χ4n) is 2.98. The molecule has 2 N–H and O–H groups in total. The van der Waals surface area contributed by atoms with Crippen molar-refractivity contribution in [3.8, 4) is 0 Å².